The van der Waals surface area contributed by atoms with Crippen molar-refractivity contribution in [2.24, 2.45) is 56.6 Å². The van der Waals surface area contributed by atoms with Crippen LogP contribution in [0.25, 0.3) is 0 Å². The van der Waals surface area contributed by atoms with Gasteiger partial charge in [-0.05, 0) is 90.3 Å². The first-order chi connectivity index (χ1) is 36.2. The molecule has 2 heterocycles. The molecule has 1 fully saturated rings. The van der Waals surface area contributed by atoms with Crippen LogP contribution in [-0.2, 0) is 49.6 Å². The minimum atomic E-state index is -1.81. The Kier molecular flexibility index (Phi) is 30.6. The number of nitrogens with two attached hydrogens (primary N) is 9. The number of aliphatic hydroxyl groups is 2. The zero-order chi connectivity index (χ0) is 56.7. The van der Waals surface area contributed by atoms with Crippen molar-refractivity contribution >= 4 is 59.0 Å². The number of carbonyl (C=O) groups is 9. The van der Waals surface area contributed by atoms with Gasteiger partial charge in [0, 0.05) is 56.5 Å². The third kappa shape index (κ3) is 23.1. The van der Waals surface area contributed by atoms with E-state index in [2.05, 4.69) is 46.9 Å². The summed E-state index contributed by atoms with van der Waals surface area (Å²) in [5, 5.41) is 36.1. The van der Waals surface area contributed by atoms with Crippen LogP contribution in [-0.4, -0.2) is 191 Å². The van der Waals surface area contributed by atoms with Gasteiger partial charge in [0.2, 0.25) is 47.3 Å². The number of imidazole rings is 1. The minimum absolute atomic E-state index is 0.0107. The standard InChI is InChI=1S/C46H83N19O11/c47-15-3-1-9-28(52)40(71)63-38(35(68)22-51)44(75)64-37(34(67)21-50)43(74)58-24-36(69)60-30(11-5-17-49)45(76)65-19-7-12-32(65)42(73)62-31(20-27-23-56-25-59-27)41(72)61-29(10-2-4-16-48)33(66)14-13-26(39(53)70)8-6-18-57-46(54)55/h8,23,25,28-32,34-35,37-38,67-68H,1-7,9-22,24,47-52H2,(H2,53,70)(H,56,59)(H,58,74)(H,60,69)(H,61,72)(H,62,73)(H,63,71)(H,64,75)(H4,54,55,57)/b26-8+/t28-,29-,30+,31-,32-,34-,35-,37-,38-/m0/s1. The lowest BCUT2D eigenvalue weighted by atomic mass is 9.98. The molecule has 0 bridgehead atoms. The second-order valence-electron chi connectivity index (χ2n) is 18.3. The summed E-state index contributed by atoms with van der Waals surface area (Å²) in [5.41, 5.74) is 51.1. The van der Waals surface area contributed by atoms with Crippen molar-refractivity contribution in [2.45, 2.75) is 144 Å². The summed E-state index contributed by atoms with van der Waals surface area (Å²) < 4.78 is 0. The van der Waals surface area contributed by atoms with Crippen molar-refractivity contribution in [1.29, 1.82) is 0 Å². The first-order valence-corrected chi connectivity index (χ1v) is 25.5. The summed E-state index contributed by atoms with van der Waals surface area (Å²) in [6, 6.07) is -9.32. The van der Waals surface area contributed by atoms with Gasteiger partial charge in [-0.25, -0.2) is 4.98 Å². The highest BCUT2D eigenvalue weighted by Gasteiger charge is 2.40. The quantitative estimate of drug-likeness (QED) is 0.0127. The molecule has 0 radical (unpaired) electrons. The number of unbranched alkanes of at least 4 members (excludes halogenated alkanes) is 2. The number of hydrogen-bond acceptors (Lipinski definition) is 19. The van der Waals surface area contributed by atoms with E-state index in [-0.39, 0.29) is 89.0 Å². The molecule has 1 aliphatic rings. The maximum atomic E-state index is 14.2. The molecule has 27 N–H and O–H groups in total. The van der Waals surface area contributed by atoms with Crippen LogP contribution in [0.2, 0.25) is 0 Å². The molecule has 0 spiro atoms. The molecule has 0 saturated carbocycles. The van der Waals surface area contributed by atoms with Gasteiger partial charge >= 0.3 is 0 Å². The molecule has 0 unspecified atom stereocenters. The fourth-order valence-corrected chi connectivity index (χ4v) is 8.06. The molecular weight excluding hydrogens is 995 g/mol. The smallest absolute Gasteiger partial charge is 0.246 e. The van der Waals surface area contributed by atoms with Crippen molar-refractivity contribution in [3.8, 4) is 0 Å². The van der Waals surface area contributed by atoms with E-state index < -0.39 is 127 Å². The van der Waals surface area contributed by atoms with Gasteiger partial charge in [-0.15, -0.1) is 0 Å². The molecule has 1 aromatic heterocycles. The van der Waals surface area contributed by atoms with Crippen molar-refractivity contribution in [1.82, 2.24) is 46.8 Å². The number of guanidine groups is 1. The van der Waals surface area contributed by atoms with Gasteiger partial charge in [0.15, 0.2) is 11.7 Å². The fourth-order valence-electron chi connectivity index (χ4n) is 8.06. The van der Waals surface area contributed by atoms with E-state index in [1.807, 2.05) is 0 Å². The Morgan fingerprint density at radius 2 is 1.36 bits per heavy atom. The number of carbonyl (C=O) groups excluding carboxylic acids is 9. The Morgan fingerprint density at radius 3 is 1.95 bits per heavy atom. The fraction of sp³-hybridized carbons (Fsp3) is 0.674. The van der Waals surface area contributed by atoms with Gasteiger partial charge in [-0.3, -0.25) is 48.1 Å². The summed E-state index contributed by atoms with van der Waals surface area (Å²) in [6.07, 6.45) is 4.28. The van der Waals surface area contributed by atoms with E-state index in [0.29, 0.717) is 50.9 Å². The number of amides is 8. The van der Waals surface area contributed by atoms with E-state index in [9.17, 15) is 53.4 Å². The number of Topliss-reactive ketones (excluding diaryl/α,β-unsaturated/α-hetero) is 1. The van der Waals surface area contributed by atoms with Gasteiger partial charge < -0.3 is 104 Å². The predicted molar refractivity (Wildman–Crippen MR) is 279 cm³/mol. The number of aromatic nitrogens is 2. The number of aliphatic hydroxyl groups excluding tert-OH is 2. The number of nitrogens with zero attached hydrogens (tertiary/aromatic N) is 3. The molecule has 0 aromatic carbocycles. The summed E-state index contributed by atoms with van der Waals surface area (Å²) in [6.45, 7) is -0.753. The van der Waals surface area contributed by atoms with Crippen molar-refractivity contribution < 1.29 is 53.4 Å². The maximum absolute atomic E-state index is 14.2. The second kappa shape index (κ2) is 35.6. The molecular formula is C46H83N19O11. The van der Waals surface area contributed by atoms with E-state index in [0.717, 1.165) is 0 Å². The van der Waals surface area contributed by atoms with Crippen LogP contribution in [0.3, 0.4) is 0 Å². The number of likely N-dealkylation sites (tertiary alicyclic amines) is 1. The number of H-pyrrole nitrogens is 1. The van der Waals surface area contributed by atoms with Crippen LogP contribution in [0.4, 0.5) is 0 Å². The van der Waals surface area contributed by atoms with E-state index >= 15 is 0 Å². The largest absolute Gasteiger partial charge is 0.389 e. The molecule has 428 valence electrons. The molecule has 1 aromatic rings. The van der Waals surface area contributed by atoms with Crippen LogP contribution < -0.4 is 83.5 Å². The zero-order valence-corrected chi connectivity index (χ0v) is 43.1. The summed E-state index contributed by atoms with van der Waals surface area (Å²) in [5.74, 6) is -7.29. The van der Waals surface area contributed by atoms with Crippen LogP contribution in [0, 0.1) is 0 Å². The van der Waals surface area contributed by atoms with Crippen LogP contribution >= 0.6 is 0 Å². The molecule has 76 heavy (non-hydrogen) atoms. The molecule has 1 aliphatic heterocycles. The lowest BCUT2D eigenvalue weighted by molar-refractivity contribution is -0.142. The molecule has 30 heteroatoms. The Bertz CT molecular complexity index is 2090. The average molecular weight is 1080 g/mol. The van der Waals surface area contributed by atoms with E-state index in [4.69, 9.17) is 51.6 Å². The third-order valence-corrected chi connectivity index (χ3v) is 12.3. The highest BCUT2D eigenvalue weighted by molar-refractivity contribution is 5.98. The normalized spacial score (nSPS) is 16.6. The predicted octanol–water partition coefficient (Wildman–Crippen LogP) is -8.13. The number of aromatic amines is 1. The first kappa shape index (κ1) is 65.4. The summed E-state index contributed by atoms with van der Waals surface area (Å²) in [4.78, 5) is 133. The number of ketones is 1. The van der Waals surface area contributed by atoms with Crippen LogP contribution in [0.5, 0.6) is 0 Å². The number of primary amides is 1. The summed E-state index contributed by atoms with van der Waals surface area (Å²) in [7, 11) is 0. The van der Waals surface area contributed by atoms with Gasteiger partial charge in [0.1, 0.15) is 30.2 Å². The van der Waals surface area contributed by atoms with Gasteiger partial charge in [-0.2, -0.15) is 0 Å². The van der Waals surface area contributed by atoms with E-state index in [1.165, 1.54) is 23.5 Å². The minimum Gasteiger partial charge on any atom is -0.389 e. The highest BCUT2D eigenvalue weighted by atomic mass is 16.3. The first-order valence-electron chi connectivity index (χ1n) is 25.5. The second-order valence-corrected chi connectivity index (χ2v) is 18.3. The monoisotopic (exact) mass is 1080 g/mol. The Morgan fingerprint density at radius 1 is 0.737 bits per heavy atom. The molecule has 2 rings (SSSR count). The Balaban J connectivity index is 2.25. The SMILES string of the molecule is NCCCC[C@H](NC(=O)[C@H](Cc1cnc[nH]1)NC(=O)[C@@H]1CCCN1C(=O)[C@@H](CCCN)NC(=O)CNC(=O)[C@@H](NC(=O)[C@@H](NC(=O)[C@@H](N)CCCCN)[C@@H](O)CN)[C@@H](O)CN)C(=O)CC/C(=C\CCN=C(N)N)C(N)=O. The van der Waals surface area contributed by atoms with Gasteiger partial charge in [0.05, 0.1) is 37.2 Å². The number of rotatable bonds is 38. The molecule has 8 amide bonds. The van der Waals surface area contributed by atoms with Crippen molar-refractivity contribution in [2.75, 3.05) is 52.4 Å². The number of aliphatic imine (C=N–C) groups is 1. The Labute approximate surface area is 441 Å². The van der Waals surface area contributed by atoms with Gasteiger partial charge in [0.25, 0.3) is 0 Å². The highest BCUT2D eigenvalue weighted by Crippen LogP contribution is 2.21. The zero-order valence-electron chi connectivity index (χ0n) is 43.1. The lowest BCUT2D eigenvalue weighted by Crippen LogP contribution is -2.63. The molecule has 30 nitrogen and oxygen atoms in total. The number of nitrogens with one attached hydrogen (secondary N) is 7. The van der Waals surface area contributed by atoms with Crippen molar-refractivity contribution in [3.63, 3.8) is 0 Å². The Hall–Kier alpha value is -6.67. The molecule has 0 aliphatic carbocycles. The van der Waals surface area contributed by atoms with Gasteiger partial charge in [-0.1, -0.05) is 12.5 Å². The lowest BCUT2D eigenvalue weighted by Gasteiger charge is -2.30. The van der Waals surface area contributed by atoms with Crippen molar-refractivity contribution in [3.05, 3.63) is 29.9 Å². The van der Waals surface area contributed by atoms with E-state index in [1.54, 1.807) is 0 Å². The number of hydrogen-bond donors (Lipinski definition) is 18. The van der Waals surface area contributed by atoms with Crippen LogP contribution in [0.1, 0.15) is 89.2 Å². The summed E-state index contributed by atoms with van der Waals surface area (Å²) >= 11 is 0. The molecule has 9 atom stereocenters. The maximum Gasteiger partial charge on any atom is 0.246 e. The molecule has 1 saturated heterocycles. The average Bonchev–Trinajstić information content (AvgIpc) is 4.11. The third-order valence-electron chi connectivity index (χ3n) is 12.3. The topological polar surface area (TPSA) is 545 Å². The van der Waals surface area contributed by atoms with Crippen LogP contribution in [0.15, 0.2) is 29.2 Å².